The van der Waals surface area contributed by atoms with E-state index in [1.54, 1.807) is 22.0 Å². The fraction of sp³-hybridized carbons (Fsp3) is 0.767. The van der Waals surface area contributed by atoms with Crippen LogP contribution in [0.25, 0.3) is 0 Å². The zero-order valence-electron chi connectivity index (χ0n) is 24.0. The number of carbonyl (C=O) groups is 3. The van der Waals surface area contributed by atoms with E-state index in [9.17, 15) is 19.5 Å². The lowest BCUT2D eigenvalue weighted by Crippen LogP contribution is -2.60. The lowest BCUT2D eigenvalue weighted by atomic mass is 9.62. The molecule has 8 nitrogen and oxygen atoms in total. The smallest absolute Gasteiger partial charge is 0.312 e. The first-order valence-electron chi connectivity index (χ1n) is 14.4. The Labute approximate surface area is 228 Å². The van der Waals surface area contributed by atoms with Crippen LogP contribution in [0.3, 0.4) is 0 Å². The molecule has 3 unspecified atom stereocenters. The van der Waals surface area contributed by atoms with Crippen LogP contribution in [0.2, 0.25) is 0 Å². The highest BCUT2D eigenvalue weighted by Gasteiger charge is 2.80. The van der Waals surface area contributed by atoms with E-state index < -0.39 is 41.1 Å². The van der Waals surface area contributed by atoms with E-state index in [0.717, 1.165) is 25.7 Å². The van der Waals surface area contributed by atoms with Crippen molar-refractivity contribution in [2.24, 2.45) is 23.7 Å². The summed E-state index contributed by atoms with van der Waals surface area (Å²) in [4.78, 5) is 45.6. The van der Waals surface area contributed by atoms with Crippen molar-refractivity contribution in [2.75, 3.05) is 26.3 Å². The molecule has 0 aromatic heterocycles. The first kappa shape index (κ1) is 30.4. The topological polar surface area (TPSA) is 96.4 Å². The van der Waals surface area contributed by atoms with Crippen LogP contribution >= 0.6 is 0 Å². The molecule has 3 saturated heterocycles. The van der Waals surface area contributed by atoms with Crippen LogP contribution in [-0.2, 0) is 23.9 Å². The van der Waals surface area contributed by atoms with Gasteiger partial charge in [-0.15, -0.1) is 13.2 Å². The molecule has 0 radical (unpaired) electrons. The van der Waals surface area contributed by atoms with Crippen LogP contribution in [0.5, 0.6) is 0 Å². The standard InChI is InChI=1S/C30H48N2O6/c1-8-12-14-16-31(15-10-3)27(35)25-30-18-21(6)29(7,38-30)24(28(36)37-17-13-9-2)23(30)26(34)32(25)22(19-33)20(5)11-4/h9-10,20-25,33H,2-3,8,11-19H2,1,4-7H3/t20-,21?,22-,23-,24+,25?,29-,30?/m0/s1. The van der Waals surface area contributed by atoms with E-state index in [-0.39, 0.29) is 36.9 Å². The highest BCUT2D eigenvalue weighted by molar-refractivity contribution is 5.98. The van der Waals surface area contributed by atoms with E-state index in [2.05, 4.69) is 20.1 Å². The monoisotopic (exact) mass is 532 g/mol. The van der Waals surface area contributed by atoms with Gasteiger partial charge in [0.05, 0.1) is 30.8 Å². The Morgan fingerprint density at radius 1 is 1.29 bits per heavy atom. The van der Waals surface area contributed by atoms with Gasteiger partial charge in [-0.2, -0.15) is 0 Å². The minimum Gasteiger partial charge on any atom is -0.465 e. The number of esters is 1. The van der Waals surface area contributed by atoms with Gasteiger partial charge in [0.1, 0.15) is 17.6 Å². The van der Waals surface area contributed by atoms with Crippen molar-refractivity contribution >= 4 is 17.8 Å². The molecule has 0 saturated carbocycles. The average molecular weight is 533 g/mol. The number of amides is 2. The number of hydrogen-bond acceptors (Lipinski definition) is 6. The van der Waals surface area contributed by atoms with Gasteiger partial charge < -0.3 is 24.4 Å². The number of ether oxygens (including phenoxy) is 2. The Kier molecular flexibility index (Phi) is 9.85. The Bertz CT molecular complexity index is 907. The summed E-state index contributed by atoms with van der Waals surface area (Å²) >= 11 is 0. The number of unbranched alkanes of at least 4 members (excludes halogenated alkanes) is 2. The average Bonchev–Trinajstić information content (AvgIpc) is 3.40. The Morgan fingerprint density at radius 3 is 2.58 bits per heavy atom. The normalized spacial score (nSPS) is 33.1. The molecule has 2 amide bonds. The van der Waals surface area contributed by atoms with Crippen LogP contribution < -0.4 is 0 Å². The minimum atomic E-state index is -1.16. The fourth-order valence-corrected chi connectivity index (χ4v) is 6.99. The number of fused-ring (bicyclic) bond motifs is 1. The van der Waals surface area contributed by atoms with Crippen LogP contribution in [0.15, 0.2) is 25.3 Å². The summed E-state index contributed by atoms with van der Waals surface area (Å²) in [6.07, 6.45) is 7.95. The third kappa shape index (κ3) is 4.94. The van der Waals surface area contributed by atoms with E-state index in [1.165, 1.54) is 0 Å². The molecule has 3 fully saturated rings. The summed E-state index contributed by atoms with van der Waals surface area (Å²) in [7, 11) is 0. The molecule has 8 atom stereocenters. The molecule has 0 aliphatic carbocycles. The van der Waals surface area contributed by atoms with Gasteiger partial charge in [-0.05, 0) is 38.0 Å². The molecule has 8 heteroatoms. The van der Waals surface area contributed by atoms with Crippen LogP contribution in [0.4, 0.5) is 0 Å². The van der Waals surface area contributed by atoms with Gasteiger partial charge in [0.2, 0.25) is 11.8 Å². The molecule has 2 bridgehead atoms. The first-order chi connectivity index (χ1) is 18.1. The second-order valence-corrected chi connectivity index (χ2v) is 11.6. The quantitative estimate of drug-likeness (QED) is 0.196. The Balaban J connectivity index is 2.12. The summed E-state index contributed by atoms with van der Waals surface area (Å²) < 4.78 is 12.4. The lowest BCUT2D eigenvalue weighted by molar-refractivity contribution is -0.164. The third-order valence-corrected chi connectivity index (χ3v) is 9.34. The second kappa shape index (κ2) is 12.3. The number of likely N-dealkylation sites (tertiary alicyclic amines) is 1. The van der Waals surface area contributed by atoms with Gasteiger partial charge in [-0.25, -0.2) is 0 Å². The largest absolute Gasteiger partial charge is 0.465 e. The summed E-state index contributed by atoms with van der Waals surface area (Å²) in [6.45, 7) is 18.3. The molecule has 3 aliphatic rings. The highest BCUT2D eigenvalue weighted by Crippen LogP contribution is 2.65. The van der Waals surface area contributed by atoms with E-state index in [4.69, 9.17) is 9.47 Å². The van der Waals surface area contributed by atoms with Gasteiger partial charge in [0, 0.05) is 13.1 Å². The maximum Gasteiger partial charge on any atom is 0.312 e. The molecule has 38 heavy (non-hydrogen) atoms. The van der Waals surface area contributed by atoms with Crippen molar-refractivity contribution in [3.8, 4) is 0 Å². The third-order valence-electron chi connectivity index (χ3n) is 9.34. The van der Waals surface area contributed by atoms with Crippen molar-refractivity contribution in [3.05, 3.63) is 25.3 Å². The second-order valence-electron chi connectivity index (χ2n) is 11.6. The van der Waals surface area contributed by atoms with Gasteiger partial charge in [-0.3, -0.25) is 14.4 Å². The summed E-state index contributed by atoms with van der Waals surface area (Å²) in [5.74, 6) is -2.74. The maximum atomic E-state index is 14.4. The summed E-state index contributed by atoms with van der Waals surface area (Å²) in [5.41, 5.74) is -2.08. The maximum absolute atomic E-state index is 14.4. The van der Waals surface area contributed by atoms with Crippen molar-refractivity contribution in [2.45, 2.75) is 96.4 Å². The van der Waals surface area contributed by atoms with Crippen molar-refractivity contribution in [1.82, 2.24) is 9.80 Å². The number of aliphatic hydroxyl groups is 1. The van der Waals surface area contributed by atoms with Gasteiger partial charge in [0.25, 0.3) is 0 Å². The van der Waals surface area contributed by atoms with Crippen LogP contribution in [0, 0.1) is 23.7 Å². The number of aliphatic hydroxyl groups excluding tert-OH is 1. The zero-order chi connectivity index (χ0) is 28.3. The molecule has 1 N–H and O–H groups in total. The van der Waals surface area contributed by atoms with E-state index in [1.807, 2.05) is 27.7 Å². The van der Waals surface area contributed by atoms with Crippen molar-refractivity contribution in [3.63, 3.8) is 0 Å². The van der Waals surface area contributed by atoms with Crippen LogP contribution in [-0.4, -0.2) is 82.3 Å². The molecule has 0 aromatic rings. The van der Waals surface area contributed by atoms with Gasteiger partial charge >= 0.3 is 5.97 Å². The number of nitrogens with zero attached hydrogens (tertiary/aromatic N) is 2. The first-order valence-corrected chi connectivity index (χ1v) is 14.4. The molecule has 214 valence electrons. The Morgan fingerprint density at radius 2 is 2.00 bits per heavy atom. The lowest BCUT2D eigenvalue weighted by Gasteiger charge is -2.41. The molecular weight excluding hydrogens is 484 g/mol. The van der Waals surface area contributed by atoms with Crippen molar-refractivity contribution < 1.29 is 29.0 Å². The predicted molar refractivity (Wildman–Crippen MR) is 146 cm³/mol. The number of rotatable bonds is 15. The number of hydrogen-bond donors (Lipinski definition) is 1. The Hall–Kier alpha value is -2.19. The molecule has 3 rings (SSSR count). The molecule has 3 aliphatic heterocycles. The fourth-order valence-electron chi connectivity index (χ4n) is 6.99. The van der Waals surface area contributed by atoms with E-state index in [0.29, 0.717) is 25.9 Å². The zero-order valence-corrected chi connectivity index (χ0v) is 24.0. The SMILES string of the molecule is C=CCCOC(=O)[C@H]1[C@H]2C(=O)N([C@@H](CO)[C@@H](C)CC)C(C(=O)N(CC=C)CCCCC)C23CC(C)[C@]1(C)O3. The summed E-state index contributed by atoms with van der Waals surface area (Å²) in [6, 6.07) is -1.49. The van der Waals surface area contributed by atoms with Crippen molar-refractivity contribution in [1.29, 1.82) is 0 Å². The summed E-state index contributed by atoms with van der Waals surface area (Å²) in [5, 5.41) is 10.5. The molecular formula is C30H48N2O6. The predicted octanol–water partition coefficient (Wildman–Crippen LogP) is 3.73. The molecule has 1 spiro atoms. The van der Waals surface area contributed by atoms with Gasteiger partial charge in [0.15, 0.2) is 0 Å². The molecule has 0 aromatic carbocycles. The minimum absolute atomic E-state index is 0.0503. The van der Waals surface area contributed by atoms with E-state index >= 15 is 0 Å². The van der Waals surface area contributed by atoms with Crippen LogP contribution in [0.1, 0.15) is 73.1 Å². The van der Waals surface area contributed by atoms with Gasteiger partial charge in [-0.1, -0.05) is 59.1 Å². The highest BCUT2D eigenvalue weighted by atomic mass is 16.6. The molecule has 3 heterocycles. The number of carbonyl (C=O) groups excluding carboxylic acids is 3.